The lowest BCUT2D eigenvalue weighted by Crippen LogP contribution is -2.51. The van der Waals surface area contributed by atoms with Gasteiger partial charge in [0.2, 0.25) is 0 Å². The van der Waals surface area contributed by atoms with E-state index in [4.69, 9.17) is 16.3 Å². The molecule has 1 aliphatic heterocycles. The highest BCUT2D eigenvalue weighted by Crippen LogP contribution is 2.16. The smallest absolute Gasteiger partial charge is 0.317 e. The number of amides is 2. The predicted octanol–water partition coefficient (Wildman–Crippen LogP) is 2.35. The number of urea groups is 1. The van der Waals surface area contributed by atoms with Gasteiger partial charge >= 0.3 is 6.03 Å². The minimum atomic E-state index is -0.0577. The minimum Gasteiger partial charge on any atom is -0.497 e. The second kappa shape index (κ2) is 9.76. The molecule has 9 nitrogen and oxygen atoms in total. The van der Waals surface area contributed by atoms with E-state index in [2.05, 4.69) is 25.7 Å². The summed E-state index contributed by atoms with van der Waals surface area (Å²) in [6.45, 7) is 3.90. The zero-order valence-electron chi connectivity index (χ0n) is 17.2. The molecular formula is C21H24ClN7O2. The first kappa shape index (κ1) is 21.1. The summed E-state index contributed by atoms with van der Waals surface area (Å²) >= 11 is 5.90. The molecule has 4 rings (SSSR count). The van der Waals surface area contributed by atoms with Gasteiger partial charge in [-0.3, -0.25) is 4.90 Å². The quantitative estimate of drug-likeness (QED) is 0.631. The van der Waals surface area contributed by atoms with Gasteiger partial charge in [-0.1, -0.05) is 23.7 Å². The summed E-state index contributed by atoms with van der Waals surface area (Å²) < 4.78 is 6.93. The first-order valence-electron chi connectivity index (χ1n) is 10.0. The molecule has 1 fully saturated rings. The lowest BCUT2D eigenvalue weighted by Gasteiger charge is -2.34. The van der Waals surface area contributed by atoms with Crippen LogP contribution < -0.4 is 10.1 Å². The summed E-state index contributed by atoms with van der Waals surface area (Å²) in [6, 6.07) is 15.0. The van der Waals surface area contributed by atoms with Gasteiger partial charge in [0, 0.05) is 37.7 Å². The van der Waals surface area contributed by atoms with Crippen molar-refractivity contribution < 1.29 is 9.53 Å². The van der Waals surface area contributed by atoms with Crippen LogP contribution in [0.1, 0.15) is 11.4 Å². The highest BCUT2D eigenvalue weighted by atomic mass is 35.5. The fourth-order valence-corrected chi connectivity index (χ4v) is 3.56. The zero-order chi connectivity index (χ0) is 21.6. The Balaban J connectivity index is 1.28. The summed E-state index contributed by atoms with van der Waals surface area (Å²) in [6.07, 6.45) is 0. The number of rotatable bonds is 6. The van der Waals surface area contributed by atoms with Crippen molar-refractivity contribution in [3.05, 3.63) is 64.9 Å². The number of halogens is 1. The van der Waals surface area contributed by atoms with Gasteiger partial charge in [0.25, 0.3) is 0 Å². The van der Waals surface area contributed by atoms with Crippen LogP contribution in [0.2, 0.25) is 5.02 Å². The van der Waals surface area contributed by atoms with Gasteiger partial charge < -0.3 is 15.0 Å². The zero-order valence-corrected chi connectivity index (χ0v) is 18.0. The normalized spacial score (nSPS) is 14.5. The van der Waals surface area contributed by atoms with Gasteiger partial charge in [0.15, 0.2) is 5.82 Å². The van der Waals surface area contributed by atoms with Crippen molar-refractivity contribution in [1.29, 1.82) is 0 Å². The number of ether oxygens (including phenoxy) is 1. The lowest BCUT2D eigenvalue weighted by molar-refractivity contribution is 0.133. The molecule has 0 radical (unpaired) electrons. The van der Waals surface area contributed by atoms with Crippen LogP contribution in [0, 0.1) is 0 Å². The van der Waals surface area contributed by atoms with E-state index < -0.39 is 0 Å². The van der Waals surface area contributed by atoms with Gasteiger partial charge in [-0.15, -0.1) is 5.10 Å². The summed E-state index contributed by atoms with van der Waals surface area (Å²) in [4.78, 5) is 16.6. The van der Waals surface area contributed by atoms with E-state index in [1.54, 1.807) is 11.8 Å². The Morgan fingerprint density at radius 2 is 1.77 bits per heavy atom. The number of nitrogens with zero attached hydrogens (tertiary/aromatic N) is 6. The average Bonchev–Trinajstić information content (AvgIpc) is 3.27. The molecule has 0 saturated carbocycles. The third-order valence-electron chi connectivity index (χ3n) is 5.23. The van der Waals surface area contributed by atoms with E-state index in [0.29, 0.717) is 31.2 Å². The lowest BCUT2D eigenvalue weighted by atomic mass is 10.2. The number of aromatic nitrogens is 4. The van der Waals surface area contributed by atoms with E-state index in [1.807, 2.05) is 53.4 Å². The summed E-state index contributed by atoms with van der Waals surface area (Å²) in [5.41, 5.74) is 1.89. The number of carbonyl (C=O) groups excluding carboxylic acids is 1. The highest BCUT2D eigenvalue weighted by molar-refractivity contribution is 6.30. The maximum absolute atomic E-state index is 12.5. The number of piperazine rings is 1. The molecule has 1 N–H and O–H groups in total. The van der Waals surface area contributed by atoms with Gasteiger partial charge in [0.1, 0.15) is 5.75 Å². The highest BCUT2D eigenvalue weighted by Gasteiger charge is 2.22. The van der Waals surface area contributed by atoms with Crippen molar-refractivity contribution in [3.8, 4) is 11.4 Å². The Morgan fingerprint density at radius 1 is 1.06 bits per heavy atom. The third kappa shape index (κ3) is 5.31. The predicted molar refractivity (Wildman–Crippen MR) is 116 cm³/mol. The third-order valence-corrected chi connectivity index (χ3v) is 5.48. The molecule has 1 saturated heterocycles. The van der Waals surface area contributed by atoms with Crippen LogP contribution in [-0.4, -0.2) is 69.3 Å². The maximum Gasteiger partial charge on any atom is 0.317 e. The molecule has 0 aliphatic carbocycles. The van der Waals surface area contributed by atoms with Crippen LogP contribution in [0.3, 0.4) is 0 Å². The fraction of sp³-hybridized carbons (Fsp3) is 0.333. The molecule has 31 heavy (non-hydrogen) atoms. The second-order valence-electron chi connectivity index (χ2n) is 7.25. The topological polar surface area (TPSA) is 88.4 Å². The van der Waals surface area contributed by atoms with Crippen LogP contribution in [0.25, 0.3) is 5.69 Å². The summed E-state index contributed by atoms with van der Waals surface area (Å²) in [5, 5.41) is 15.8. The Hall–Kier alpha value is -3.17. The largest absolute Gasteiger partial charge is 0.497 e. The molecule has 162 valence electrons. The summed E-state index contributed by atoms with van der Waals surface area (Å²) in [5.74, 6) is 1.54. The molecule has 0 bridgehead atoms. The SMILES string of the molecule is COc1ccc(-n2nnnc2CN2CCN(C(=O)NCc3ccc(Cl)cc3)CC2)cc1. The maximum atomic E-state index is 12.5. The van der Waals surface area contributed by atoms with Crippen LogP contribution in [-0.2, 0) is 13.1 Å². The van der Waals surface area contributed by atoms with Crippen LogP contribution >= 0.6 is 11.6 Å². The number of methoxy groups -OCH3 is 1. The Labute approximate surface area is 185 Å². The first-order chi connectivity index (χ1) is 15.1. The minimum absolute atomic E-state index is 0.0577. The number of tetrazole rings is 1. The van der Waals surface area contributed by atoms with Crippen molar-refractivity contribution in [2.24, 2.45) is 0 Å². The Morgan fingerprint density at radius 3 is 2.45 bits per heavy atom. The molecule has 0 atom stereocenters. The molecule has 1 aromatic heterocycles. The first-order valence-corrected chi connectivity index (χ1v) is 10.4. The van der Waals surface area contributed by atoms with Gasteiger partial charge in [0.05, 0.1) is 19.3 Å². The molecule has 2 heterocycles. The van der Waals surface area contributed by atoms with Crippen LogP contribution in [0.5, 0.6) is 5.75 Å². The molecule has 2 aromatic carbocycles. The Bertz CT molecular complexity index is 999. The van der Waals surface area contributed by atoms with E-state index in [-0.39, 0.29) is 6.03 Å². The van der Waals surface area contributed by atoms with Crippen LogP contribution in [0.4, 0.5) is 4.79 Å². The average molecular weight is 442 g/mol. The van der Waals surface area contributed by atoms with E-state index in [0.717, 1.165) is 35.9 Å². The van der Waals surface area contributed by atoms with Crippen molar-refractivity contribution in [2.45, 2.75) is 13.1 Å². The summed E-state index contributed by atoms with van der Waals surface area (Å²) in [7, 11) is 1.63. The number of carbonyl (C=O) groups is 1. The van der Waals surface area contributed by atoms with Crippen LogP contribution in [0.15, 0.2) is 48.5 Å². The molecule has 0 unspecified atom stereocenters. The van der Waals surface area contributed by atoms with Crippen molar-refractivity contribution in [1.82, 2.24) is 35.3 Å². The number of nitrogens with one attached hydrogen (secondary N) is 1. The monoisotopic (exact) mass is 441 g/mol. The Kier molecular flexibility index (Phi) is 6.63. The number of hydrogen-bond donors (Lipinski definition) is 1. The van der Waals surface area contributed by atoms with E-state index in [1.165, 1.54) is 0 Å². The standard InChI is InChI=1S/C21H24ClN7O2/c1-31-19-8-6-18(7-9-19)29-20(24-25-26-29)15-27-10-12-28(13-11-27)21(30)23-14-16-2-4-17(22)5-3-16/h2-9H,10-15H2,1H3,(H,23,30). The molecule has 1 aliphatic rings. The van der Waals surface area contributed by atoms with E-state index in [9.17, 15) is 4.79 Å². The second-order valence-corrected chi connectivity index (χ2v) is 7.69. The van der Waals surface area contributed by atoms with Crippen molar-refractivity contribution in [3.63, 3.8) is 0 Å². The number of benzene rings is 2. The van der Waals surface area contributed by atoms with Crippen molar-refractivity contribution >= 4 is 17.6 Å². The molecule has 3 aromatic rings. The van der Waals surface area contributed by atoms with Gasteiger partial charge in [-0.25, -0.2) is 4.79 Å². The molecule has 10 heteroatoms. The van der Waals surface area contributed by atoms with E-state index >= 15 is 0 Å². The number of hydrogen-bond acceptors (Lipinski definition) is 6. The molecular weight excluding hydrogens is 418 g/mol. The molecule has 0 spiro atoms. The van der Waals surface area contributed by atoms with Gasteiger partial charge in [-0.2, -0.15) is 4.68 Å². The molecule has 2 amide bonds. The van der Waals surface area contributed by atoms with Crippen molar-refractivity contribution in [2.75, 3.05) is 33.3 Å². The van der Waals surface area contributed by atoms with Gasteiger partial charge in [-0.05, 0) is 52.4 Å². The fourth-order valence-electron chi connectivity index (χ4n) is 3.43.